The average Bonchev–Trinajstić information content (AvgIpc) is 2.85. The van der Waals surface area contributed by atoms with E-state index in [1.807, 2.05) is 36.9 Å². The van der Waals surface area contributed by atoms with Crippen LogP contribution in [0, 0.1) is 6.92 Å². The summed E-state index contributed by atoms with van der Waals surface area (Å²) >= 11 is 1.47. The lowest BCUT2D eigenvalue weighted by Crippen LogP contribution is -2.37. The number of carbonyl (C=O) groups is 1. The SMILES string of the molecule is CCCC(=O)N1CCOc2ccc(-c3nc(N)sc3C)cc21. The standard InChI is InChI=1S/C16H19N3O2S/c1-3-4-14(20)19-7-8-21-13-6-5-11(9-12(13)19)15-10(2)22-16(17)18-15/h5-6,9H,3-4,7-8H2,1-2H3,(H2,17,18). The van der Waals surface area contributed by atoms with Gasteiger partial charge in [-0.3, -0.25) is 4.79 Å². The van der Waals surface area contributed by atoms with Crippen molar-refractivity contribution in [2.45, 2.75) is 26.7 Å². The maximum Gasteiger partial charge on any atom is 0.227 e. The van der Waals surface area contributed by atoms with Crippen molar-refractivity contribution in [1.82, 2.24) is 4.98 Å². The van der Waals surface area contributed by atoms with Gasteiger partial charge in [0.05, 0.1) is 17.9 Å². The largest absolute Gasteiger partial charge is 0.490 e. The lowest BCUT2D eigenvalue weighted by molar-refractivity contribution is -0.118. The number of anilines is 2. The molecule has 0 saturated heterocycles. The molecule has 1 aliphatic rings. The van der Waals surface area contributed by atoms with Gasteiger partial charge in [0, 0.05) is 16.9 Å². The highest BCUT2D eigenvalue weighted by molar-refractivity contribution is 7.15. The quantitative estimate of drug-likeness (QED) is 0.943. The predicted octanol–water partition coefficient (Wildman–Crippen LogP) is 3.23. The third kappa shape index (κ3) is 2.66. The van der Waals surface area contributed by atoms with Gasteiger partial charge in [-0.25, -0.2) is 4.98 Å². The molecule has 3 rings (SSSR count). The number of carbonyl (C=O) groups excluding carboxylic acids is 1. The number of aromatic nitrogens is 1. The molecular weight excluding hydrogens is 298 g/mol. The summed E-state index contributed by atoms with van der Waals surface area (Å²) in [7, 11) is 0. The van der Waals surface area contributed by atoms with Crippen LogP contribution in [-0.2, 0) is 4.79 Å². The molecule has 2 aromatic rings. The molecule has 0 atom stereocenters. The van der Waals surface area contributed by atoms with Crippen LogP contribution in [0.5, 0.6) is 5.75 Å². The number of hydrogen-bond donors (Lipinski definition) is 1. The van der Waals surface area contributed by atoms with Crippen LogP contribution in [0.25, 0.3) is 11.3 Å². The Kier molecular flexibility index (Phi) is 4.02. The fourth-order valence-electron chi connectivity index (χ4n) is 2.66. The van der Waals surface area contributed by atoms with Gasteiger partial charge in [-0.05, 0) is 31.5 Å². The smallest absolute Gasteiger partial charge is 0.227 e. The van der Waals surface area contributed by atoms with Gasteiger partial charge in [0.15, 0.2) is 5.13 Å². The molecule has 5 nitrogen and oxygen atoms in total. The van der Waals surface area contributed by atoms with E-state index in [1.165, 1.54) is 11.3 Å². The summed E-state index contributed by atoms with van der Waals surface area (Å²) in [6.07, 6.45) is 1.39. The Balaban J connectivity index is 2.02. The zero-order valence-electron chi connectivity index (χ0n) is 12.8. The Bertz CT molecular complexity index is 711. The fraction of sp³-hybridized carbons (Fsp3) is 0.375. The summed E-state index contributed by atoms with van der Waals surface area (Å²) in [6.45, 7) is 5.13. The number of fused-ring (bicyclic) bond motifs is 1. The molecule has 0 spiro atoms. The summed E-state index contributed by atoms with van der Waals surface area (Å²) in [5.41, 5.74) is 8.45. The second kappa shape index (κ2) is 5.96. The first kappa shape index (κ1) is 14.8. The molecule has 22 heavy (non-hydrogen) atoms. The molecule has 0 bridgehead atoms. The molecule has 0 aliphatic carbocycles. The van der Waals surface area contributed by atoms with Gasteiger partial charge >= 0.3 is 0 Å². The van der Waals surface area contributed by atoms with Gasteiger partial charge in [0.1, 0.15) is 12.4 Å². The van der Waals surface area contributed by atoms with Gasteiger partial charge in [-0.1, -0.05) is 6.92 Å². The van der Waals surface area contributed by atoms with Crippen LogP contribution in [0.15, 0.2) is 18.2 Å². The molecule has 2 N–H and O–H groups in total. The summed E-state index contributed by atoms with van der Waals surface area (Å²) in [5.74, 6) is 0.888. The van der Waals surface area contributed by atoms with E-state index in [1.54, 1.807) is 0 Å². The molecule has 6 heteroatoms. The van der Waals surface area contributed by atoms with Gasteiger partial charge in [0.2, 0.25) is 5.91 Å². The van der Waals surface area contributed by atoms with E-state index >= 15 is 0 Å². The van der Waals surface area contributed by atoms with E-state index in [4.69, 9.17) is 10.5 Å². The van der Waals surface area contributed by atoms with Crippen LogP contribution in [0.3, 0.4) is 0 Å². The number of nitrogens with two attached hydrogens (primary N) is 1. The monoisotopic (exact) mass is 317 g/mol. The molecule has 116 valence electrons. The minimum Gasteiger partial charge on any atom is -0.490 e. The minimum absolute atomic E-state index is 0.138. The van der Waals surface area contributed by atoms with Crippen LogP contribution >= 0.6 is 11.3 Å². The van der Waals surface area contributed by atoms with Crippen LogP contribution in [-0.4, -0.2) is 24.0 Å². The number of thiazole rings is 1. The normalized spacial score (nSPS) is 13.6. The molecular formula is C16H19N3O2S. The van der Waals surface area contributed by atoms with Crippen molar-refractivity contribution in [3.63, 3.8) is 0 Å². The van der Waals surface area contributed by atoms with Crippen LogP contribution in [0.2, 0.25) is 0 Å². The van der Waals surface area contributed by atoms with E-state index in [0.717, 1.165) is 34.0 Å². The van der Waals surface area contributed by atoms with Gasteiger partial charge in [-0.15, -0.1) is 11.3 Å². The molecule has 1 aromatic carbocycles. The van der Waals surface area contributed by atoms with Gasteiger partial charge < -0.3 is 15.4 Å². The van der Waals surface area contributed by atoms with Crippen molar-refractivity contribution in [1.29, 1.82) is 0 Å². The lowest BCUT2D eigenvalue weighted by atomic mass is 10.1. The average molecular weight is 317 g/mol. The number of ether oxygens (including phenoxy) is 1. The number of amides is 1. The van der Waals surface area contributed by atoms with Crippen molar-refractivity contribution in [2.24, 2.45) is 0 Å². The predicted molar refractivity (Wildman–Crippen MR) is 89.5 cm³/mol. The molecule has 2 heterocycles. The number of benzene rings is 1. The zero-order chi connectivity index (χ0) is 15.7. The van der Waals surface area contributed by atoms with E-state index < -0.39 is 0 Å². The van der Waals surface area contributed by atoms with Crippen LogP contribution < -0.4 is 15.4 Å². The Morgan fingerprint density at radius 3 is 3.00 bits per heavy atom. The summed E-state index contributed by atoms with van der Waals surface area (Å²) < 4.78 is 5.67. The van der Waals surface area contributed by atoms with Crippen molar-refractivity contribution in [3.05, 3.63) is 23.1 Å². The first-order valence-electron chi connectivity index (χ1n) is 7.40. The van der Waals surface area contributed by atoms with Gasteiger partial charge in [-0.2, -0.15) is 0 Å². The highest BCUT2D eigenvalue weighted by Gasteiger charge is 2.24. The molecule has 0 saturated carbocycles. The molecule has 1 aromatic heterocycles. The minimum atomic E-state index is 0.138. The Morgan fingerprint density at radius 1 is 1.50 bits per heavy atom. The summed E-state index contributed by atoms with van der Waals surface area (Å²) in [5, 5.41) is 0.556. The maximum absolute atomic E-state index is 12.3. The topological polar surface area (TPSA) is 68.5 Å². The van der Waals surface area contributed by atoms with E-state index in [-0.39, 0.29) is 5.91 Å². The van der Waals surface area contributed by atoms with E-state index in [2.05, 4.69) is 4.98 Å². The zero-order valence-corrected chi connectivity index (χ0v) is 13.6. The molecule has 0 unspecified atom stereocenters. The number of aryl methyl sites for hydroxylation is 1. The van der Waals surface area contributed by atoms with E-state index in [0.29, 0.717) is 24.7 Å². The number of hydrogen-bond acceptors (Lipinski definition) is 5. The van der Waals surface area contributed by atoms with E-state index in [9.17, 15) is 4.79 Å². The first-order chi connectivity index (χ1) is 10.6. The molecule has 0 fully saturated rings. The van der Waals surface area contributed by atoms with Crippen molar-refractivity contribution < 1.29 is 9.53 Å². The van der Waals surface area contributed by atoms with Crippen molar-refractivity contribution >= 4 is 28.1 Å². The van der Waals surface area contributed by atoms with Gasteiger partial charge in [0.25, 0.3) is 0 Å². The maximum atomic E-state index is 12.3. The lowest BCUT2D eigenvalue weighted by Gasteiger charge is -2.30. The number of rotatable bonds is 3. The third-order valence-corrected chi connectivity index (χ3v) is 4.47. The first-order valence-corrected chi connectivity index (χ1v) is 8.22. The third-order valence-electron chi connectivity index (χ3n) is 3.67. The van der Waals surface area contributed by atoms with Crippen LogP contribution in [0.4, 0.5) is 10.8 Å². The number of nitrogens with zero attached hydrogens (tertiary/aromatic N) is 2. The summed E-state index contributed by atoms with van der Waals surface area (Å²) in [6, 6.07) is 5.85. The Hall–Kier alpha value is -2.08. The fourth-order valence-corrected chi connectivity index (χ4v) is 3.37. The molecule has 1 amide bonds. The highest BCUT2D eigenvalue weighted by atomic mass is 32.1. The molecule has 1 aliphatic heterocycles. The van der Waals surface area contributed by atoms with Crippen LogP contribution in [0.1, 0.15) is 24.6 Å². The van der Waals surface area contributed by atoms with Crippen molar-refractivity contribution in [2.75, 3.05) is 23.8 Å². The number of nitrogen functional groups attached to an aromatic ring is 1. The Labute approximate surface area is 133 Å². The summed E-state index contributed by atoms with van der Waals surface area (Å²) in [4.78, 5) is 19.6. The molecule has 0 radical (unpaired) electrons. The second-order valence-electron chi connectivity index (χ2n) is 5.28. The Morgan fingerprint density at radius 2 is 2.32 bits per heavy atom. The van der Waals surface area contributed by atoms with Crippen molar-refractivity contribution in [3.8, 4) is 17.0 Å². The highest BCUT2D eigenvalue weighted by Crippen LogP contribution is 2.37. The second-order valence-corrected chi connectivity index (χ2v) is 6.52.